The van der Waals surface area contributed by atoms with Gasteiger partial charge in [-0.25, -0.2) is 8.42 Å². The molecular formula is C5H6ClNO3S. The van der Waals surface area contributed by atoms with Crippen LogP contribution < -0.4 is 0 Å². The molecule has 11 heavy (non-hydrogen) atoms. The smallest absolute Gasteiger partial charge is 0.238 e. The Labute approximate surface area is 68.6 Å². The molecule has 1 aromatic rings. The van der Waals surface area contributed by atoms with Gasteiger partial charge in [-0.3, -0.25) is 0 Å². The lowest BCUT2D eigenvalue weighted by Gasteiger charge is -1.86. The van der Waals surface area contributed by atoms with Crippen molar-refractivity contribution in [1.82, 2.24) is 5.16 Å². The van der Waals surface area contributed by atoms with Crippen LogP contribution in [0.25, 0.3) is 0 Å². The van der Waals surface area contributed by atoms with Crippen molar-refractivity contribution in [3.05, 3.63) is 17.5 Å². The van der Waals surface area contributed by atoms with Crippen molar-refractivity contribution >= 4 is 19.7 Å². The van der Waals surface area contributed by atoms with Crippen molar-refractivity contribution < 1.29 is 12.9 Å². The van der Waals surface area contributed by atoms with E-state index >= 15 is 0 Å². The van der Waals surface area contributed by atoms with Gasteiger partial charge in [0, 0.05) is 16.7 Å². The molecule has 0 atom stereocenters. The molecule has 0 aliphatic heterocycles. The minimum Gasteiger partial charge on any atom is -0.361 e. The van der Waals surface area contributed by atoms with E-state index in [0.717, 1.165) is 0 Å². The Morgan fingerprint density at radius 3 is 2.73 bits per heavy atom. The highest BCUT2D eigenvalue weighted by molar-refractivity contribution is 8.13. The first-order valence-electron chi connectivity index (χ1n) is 2.82. The van der Waals surface area contributed by atoms with E-state index in [9.17, 15) is 8.42 Å². The molecule has 0 N–H and O–H groups in total. The van der Waals surface area contributed by atoms with Gasteiger partial charge in [-0.1, -0.05) is 5.16 Å². The number of halogens is 1. The third-order valence-corrected chi connectivity index (χ3v) is 1.96. The zero-order valence-corrected chi connectivity index (χ0v) is 7.32. The summed E-state index contributed by atoms with van der Waals surface area (Å²) in [5.74, 6) is 0.284. The van der Waals surface area contributed by atoms with Crippen LogP contribution in [-0.2, 0) is 14.8 Å². The van der Waals surface area contributed by atoms with Crippen LogP contribution in [-0.4, -0.2) is 13.6 Å². The van der Waals surface area contributed by atoms with Crippen LogP contribution >= 0.6 is 10.7 Å². The van der Waals surface area contributed by atoms with Gasteiger partial charge in [0.2, 0.25) is 9.05 Å². The molecule has 6 heteroatoms. The average Bonchev–Trinajstić information content (AvgIpc) is 2.10. The van der Waals surface area contributed by atoms with Gasteiger partial charge in [-0.05, 0) is 6.92 Å². The van der Waals surface area contributed by atoms with E-state index in [4.69, 9.17) is 10.7 Å². The second-order valence-corrected chi connectivity index (χ2v) is 4.89. The highest BCUT2D eigenvalue weighted by Gasteiger charge is 2.10. The molecule has 0 saturated carbocycles. The van der Waals surface area contributed by atoms with Gasteiger partial charge in [0.25, 0.3) is 0 Å². The average molecular weight is 196 g/mol. The van der Waals surface area contributed by atoms with Gasteiger partial charge in [0.05, 0.1) is 0 Å². The van der Waals surface area contributed by atoms with Gasteiger partial charge >= 0.3 is 0 Å². The fourth-order valence-corrected chi connectivity index (χ4v) is 1.49. The van der Waals surface area contributed by atoms with Crippen LogP contribution in [0.3, 0.4) is 0 Å². The maximum absolute atomic E-state index is 10.5. The van der Waals surface area contributed by atoms with E-state index in [-0.39, 0.29) is 5.75 Å². The predicted octanol–water partition coefficient (Wildman–Crippen LogP) is 1.05. The third-order valence-electron chi connectivity index (χ3n) is 0.997. The fourth-order valence-electron chi connectivity index (χ4n) is 0.663. The highest BCUT2D eigenvalue weighted by atomic mass is 35.7. The summed E-state index contributed by atoms with van der Waals surface area (Å²) < 4.78 is 25.6. The molecule has 0 radical (unpaired) electrons. The van der Waals surface area contributed by atoms with Crippen LogP contribution in [0, 0.1) is 6.92 Å². The summed E-state index contributed by atoms with van der Waals surface area (Å²) >= 11 is 0. The Morgan fingerprint density at radius 1 is 1.73 bits per heavy atom. The molecule has 0 aliphatic carbocycles. The van der Waals surface area contributed by atoms with Crippen LogP contribution in [0.4, 0.5) is 0 Å². The van der Waals surface area contributed by atoms with E-state index in [0.29, 0.717) is 11.5 Å². The van der Waals surface area contributed by atoms with E-state index in [1.807, 2.05) is 0 Å². The molecule has 0 amide bonds. The van der Waals surface area contributed by atoms with Crippen molar-refractivity contribution in [1.29, 1.82) is 0 Å². The van der Waals surface area contributed by atoms with Crippen molar-refractivity contribution in [3.8, 4) is 0 Å². The molecule has 0 unspecified atom stereocenters. The second-order valence-electron chi connectivity index (χ2n) is 2.11. The topological polar surface area (TPSA) is 60.2 Å². The predicted molar refractivity (Wildman–Crippen MR) is 39.7 cm³/mol. The minimum absolute atomic E-state index is 0.286. The monoisotopic (exact) mass is 195 g/mol. The molecule has 0 aromatic carbocycles. The maximum atomic E-state index is 10.5. The number of hydrogen-bond donors (Lipinski definition) is 0. The van der Waals surface area contributed by atoms with Crippen molar-refractivity contribution in [3.63, 3.8) is 0 Å². The van der Waals surface area contributed by atoms with Crippen molar-refractivity contribution in [2.75, 3.05) is 0 Å². The third kappa shape index (κ3) is 2.90. The first kappa shape index (κ1) is 8.55. The van der Waals surface area contributed by atoms with E-state index in [1.165, 1.54) is 6.07 Å². The normalized spacial score (nSPS) is 11.8. The van der Waals surface area contributed by atoms with E-state index in [2.05, 4.69) is 9.68 Å². The van der Waals surface area contributed by atoms with Crippen LogP contribution in [0.2, 0.25) is 0 Å². The van der Waals surface area contributed by atoms with Crippen LogP contribution in [0.5, 0.6) is 0 Å². The van der Waals surface area contributed by atoms with Crippen LogP contribution in [0.15, 0.2) is 10.6 Å². The molecular weight excluding hydrogens is 190 g/mol. The zero-order valence-electron chi connectivity index (χ0n) is 5.74. The standard InChI is InChI=1S/C5H6ClNO3S/c1-4-2-5(7-10-4)3-11(6,8)9/h2H,3H2,1H3. The number of hydrogen-bond acceptors (Lipinski definition) is 4. The summed E-state index contributed by atoms with van der Waals surface area (Å²) in [6, 6.07) is 1.53. The first-order chi connectivity index (χ1) is 4.97. The maximum Gasteiger partial charge on any atom is 0.238 e. The largest absolute Gasteiger partial charge is 0.361 e. The van der Waals surface area contributed by atoms with E-state index in [1.54, 1.807) is 6.92 Å². The zero-order chi connectivity index (χ0) is 8.48. The molecule has 0 spiro atoms. The Bertz CT molecular complexity index is 342. The van der Waals surface area contributed by atoms with Crippen molar-refractivity contribution in [2.45, 2.75) is 12.7 Å². The highest BCUT2D eigenvalue weighted by Crippen LogP contribution is 2.09. The van der Waals surface area contributed by atoms with Gasteiger partial charge in [0.15, 0.2) is 0 Å². The molecule has 4 nitrogen and oxygen atoms in total. The Kier molecular flexibility index (Phi) is 2.20. The Balaban J connectivity index is 2.81. The van der Waals surface area contributed by atoms with Crippen LogP contribution in [0.1, 0.15) is 11.5 Å². The summed E-state index contributed by atoms with van der Waals surface area (Å²) in [6.45, 7) is 1.68. The van der Waals surface area contributed by atoms with Gasteiger partial charge in [-0.15, -0.1) is 0 Å². The number of aryl methyl sites for hydroxylation is 1. The summed E-state index contributed by atoms with van der Waals surface area (Å²) in [6.07, 6.45) is 0. The van der Waals surface area contributed by atoms with Gasteiger partial charge in [-0.2, -0.15) is 0 Å². The molecule has 62 valence electrons. The molecule has 0 aliphatic rings. The number of rotatable bonds is 2. The fraction of sp³-hybridized carbons (Fsp3) is 0.400. The second kappa shape index (κ2) is 2.83. The molecule has 0 fully saturated rings. The first-order valence-corrected chi connectivity index (χ1v) is 5.30. The quantitative estimate of drug-likeness (QED) is 0.662. The summed E-state index contributed by atoms with van der Waals surface area (Å²) in [5.41, 5.74) is 0.331. The minimum atomic E-state index is -3.51. The number of nitrogens with zero attached hydrogens (tertiary/aromatic N) is 1. The van der Waals surface area contributed by atoms with Gasteiger partial charge < -0.3 is 4.52 Å². The lowest BCUT2D eigenvalue weighted by molar-refractivity contribution is 0.392. The summed E-state index contributed by atoms with van der Waals surface area (Å²) in [4.78, 5) is 0. The molecule has 1 aromatic heterocycles. The molecule has 1 heterocycles. The molecule has 0 saturated heterocycles. The summed E-state index contributed by atoms with van der Waals surface area (Å²) in [7, 11) is 1.45. The SMILES string of the molecule is Cc1cc(CS(=O)(=O)Cl)no1. The number of aromatic nitrogens is 1. The Morgan fingerprint density at radius 2 is 2.36 bits per heavy atom. The lowest BCUT2D eigenvalue weighted by Crippen LogP contribution is -1.94. The van der Waals surface area contributed by atoms with E-state index < -0.39 is 9.05 Å². The van der Waals surface area contributed by atoms with Gasteiger partial charge in [0.1, 0.15) is 17.2 Å². The van der Waals surface area contributed by atoms with Crippen molar-refractivity contribution in [2.24, 2.45) is 0 Å². The Hall–Kier alpha value is -0.550. The lowest BCUT2D eigenvalue weighted by atomic mass is 10.4. The molecule has 0 bridgehead atoms. The molecule has 1 rings (SSSR count). The summed E-state index contributed by atoms with van der Waals surface area (Å²) in [5, 5.41) is 3.46.